The van der Waals surface area contributed by atoms with E-state index in [-0.39, 0.29) is 27.1 Å². The van der Waals surface area contributed by atoms with Crippen LogP contribution in [0.5, 0.6) is 0 Å². The van der Waals surface area contributed by atoms with Crippen molar-refractivity contribution in [2.45, 2.75) is 96.3 Å². The van der Waals surface area contributed by atoms with Gasteiger partial charge in [0.05, 0.1) is 0 Å². The normalized spacial score (nSPS) is 16.9. The van der Waals surface area contributed by atoms with Crippen LogP contribution in [-0.2, 0) is 27.1 Å². The van der Waals surface area contributed by atoms with E-state index >= 15 is 0 Å². The summed E-state index contributed by atoms with van der Waals surface area (Å²) < 4.78 is 0. The molecular formula is C63H56. The monoisotopic (exact) mass is 812 g/mol. The fraction of sp³-hybridized carbons (Fsp3) is 0.238. The van der Waals surface area contributed by atoms with E-state index in [1.807, 2.05) is 0 Å². The molecule has 0 atom stereocenters. The van der Waals surface area contributed by atoms with Gasteiger partial charge in [-0.1, -0.05) is 203 Å². The van der Waals surface area contributed by atoms with Gasteiger partial charge in [-0.2, -0.15) is 0 Å². The predicted molar refractivity (Wildman–Crippen MR) is 266 cm³/mol. The molecule has 0 aliphatic heterocycles. The second-order valence-electron chi connectivity index (χ2n) is 21.8. The molecule has 0 bridgehead atoms. The van der Waals surface area contributed by atoms with E-state index in [0.717, 1.165) is 0 Å². The molecule has 0 saturated carbocycles. The van der Waals surface area contributed by atoms with Crippen molar-refractivity contribution in [2.75, 3.05) is 0 Å². The molecule has 0 aromatic heterocycles. The number of rotatable bonds is 4. The van der Waals surface area contributed by atoms with Gasteiger partial charge in [0.2, 0.25) is 0 Å². The van der Waals surface area contributed by atoms with Crippen molar-refractivity contribution in [1.29, 1.82) is 0 Å². The quantitative estimate of drug-likeness (QED) is 0.166. The maximum absolute atomic E-state index is 2.53. The Kier molecular flexibility index (Phi) is 7.61. The molecule has 0 heterocycles. The molecule has 0 heteroatoms. The molecule has 0 N–H and O–H groups in total. The third kappa shape index (κ3) is 5.10. The molecular weight excluding hydrogens is 757 g/mol. The summed E-state index contributed by atoms with van der Waals surface area (Å²) in [6.45, 7) is 24.0. The highest BCUT2D eigenvalue weighted by Gasteiger charge is 2.41. The van der Waals surface area contributed by atoms with Gasteiger partial charge in [0.15, 0.2) is 0 Å². The van der Waals surface area contributed by atoms with E-state index in [1.165, 1.54) is 122 Å². The van der Waals surface area contributed by atoms with Crippen molar-refractivity contribution >= 4 is 0 Å². The molecule has 4 aliphatic carbocycles. The zero-order chi connectivity index (χ0) is 43.6. The average molecular weight is 813 g/mol. The minimum absolute atomic E-state index is 0.0194. The van der Waals surface area contributed by atoms with Gasteiger partial charge >= 0.3 is 0 Å². The standard InChI is InChI=1S/C63H56/c1-59(2,41-23-29-49-47-27-21-39(33-55(47)62(7,8)57(49)35-41)37-19-25-45-43-15-11-13-17-51(43)60(3,4)53(45)31-37)42-24-30-50-48-28-22-40(34-56(48)63(9,10)58(50)36-42)38-20-26-46-44-16-12-14-18-52(44)61(5,6)54(46)32-38/h11-36H,1-10H3. The van der Waals surface area contributed by atoms with Gasteiger partial charge in [0, 0.05) is 27.1 Å². The highest BCUT2D eigenvalue weighted by Crippen LogP contribution is 2.55. The Balaban J connectivity index is 0.853. The number of benzene rings is 8. The highest BCUT2D eigenvalue weighted by atomic mass is 14.4. The molecule has 4 aliphatic rings. The van der Waals surface area contributed by atoms with Crippen LogP contribution in [0.25, 0.3) is 66.8 Å². The van der Waals surface area contributed by atoms with Crippen molar-refractivity contribution in [3.8, 4) is 66.8 Å². The summed E-state index contributed by atoms with van der Waals surface area (Å²) in [6, 6.07) is 61.2. The first-order valence-electron chi connectivity index (χ1n) is 23.1. The predicted octanol–water partition coefficient (Wildman–Crippen LogP) is 16.6. The van der Waals surface area contributed by atoms with Gasteiger partial charge in [-0.15, -0.1) is 0 Å². The second-order valence-corrected chi connectivity index (χ2v) is 21.8. The van der Waals surface area contributed by atoms with Gasteiger partial charge < -0.3 is 0 Å². The first kappa shape index (κ1) is 38.4. The van der Waals surface area contributed by atoms with Crippen molar-refractivity contribution in [3.05, 3.63) is 213 Å². The fourth-order valence-electron chi connectivity index (χ4n) is 12.5. The van der Waals surface area contributed by atoms with E-state index in [4.69, 9.17) is 0 Å². The summed E-state index contributed by atoms with van der Waals surface area (Å²) >= 11 is 0. The molecule has 12 rings (SSSR count). The number of hydrogen-bond donors (Lipinski definition) is 0. The van der Waals surface area contributed by atoms with Crippen molar-refractivity contribution in [3.63, 3.8) is 0 Å². The summed E-state index contributed by atoms with van der Waals surface area (Å²) in [6.07, 6.45) is 0. The summed E-state index contributed by atoms with van der Waals surface area (Å²) in [5, 5.41) is 0. The lowest BCUT2D eigenvalue weighted by Gasteiger charge is -2.30. The van der Waals surface area contributed by atoms with Crippen LogP contribution in [0.2, 0.25) is 0 Å². The van der Waals surface area contributed by atoms with E-state index in [0.29, 0.717) is 0 Å². The summed E-state index contributed by atoms with van der Waals surface area (Å²) in [7, 11) is 0. The lowest BCUT2D eigenvalue weighted by Crippen LogP contribution is -2.22. The molecule has 0 nitrogen and oxygen atoms in total. The van der Waals surface area contributed by atoms with Crippen LogP contribution in [0.1, 0.15) is 125 Å². The minimum atomic E-state index is -0.195. The first-order chi connectivity index (χ1) is 30.0. The summed E-state index contributed by atoms with van der Waals surface area (Å²) in [5.74, 6) is 0. The lowest BCUT2D eigenvalue weighted by atomic mass is 9.73. The van der Waals surface area contributed by atoms with Gasteiger partial charge in [-0.3, -0.25) is 0 Å². The Morgan fingerprint density at radius 2 is 0.492 bits per heavy atom. The third-order valence-electron chi connectivity index (χ3n) is 16.6. The molecule has 8 aromatic carbocycles. The van der Waals surface area contributed by atoms with Gasteiger partial charge in [-0.25, -0.2) is 0 Å². The molecule has 0 unspecified atom stereocenters. The first-order valence-corrected chi connectivity index (χ1v) is 23.1. The van der Waals surface area contributed by atoms with Crippen molar-refractivity contribution in [1.82, 2.24) is 0 Å². The largest absolute Gasteiger partial charge is 0.0619 e. The van der Waals surface area contributed by atoms with Gasteiger partial charge in [0.1, 0.15) is 0 Å². The van der Waals surface area contributed by atoms with Gasteiger partial charge in [0.25, 0.3) is 0 Å². The van der Waals surface area contributed by atoms with E-state index in [9.17, 15) is 0 Å². The van der Waals surface area contributed by atoms with Crippen molar-refractivity contribution < 1.29 is 0 Å². The molecule has 0 saturated heterocycles. The smallest absolute Gasteiger partial charge is 0.0159 e. The molecule has 308 valence electrons. The van der Waals surface area contributed by atoms with Crippen molar-refractivity contribution in [2.24, 2.45) is 0 Å². The van der Waals surface area contributed by atoms with Crippen LogP contribution >= 0.6 is 0 Å². The molecule has 0 spiro atoms. The highest BCUT2D eigenvalue weighted by molar-refractivity contribution is 5.89. The maximum Gasteiger partial charge on any atom is 0.0159 e. The topological polar surface area (TPSA) is 0 Å². The molecule has 0 fully saturated rings. The average Bonchev–Trinajstić information content (AvgIpc) is 3.85. The lowest BCUT2D eigenvalue weighted by molar-refractivity contribution is 0.618. The maximum atomic E-state index is 2.53. The molecule has 0 amide bonds. The molecule has 0 radical (unpaired) electrons. The summed E-state index contributed by atoms with van der Waals surface area (Å²) in [5.41, 5.74) is 29.7. The van der Waals surface area contributed by atoms with E-state index < -0.39 is 0 Å². The Bertz CT molecular complexity index is 3080. The zero-order valence-corrected chi connectivity index (χ0v) is 38.5. The second kappa shape index (κ2) is 12.5. The van der Waals surface area contributed by atoms with E-state index in [1.54, 1.807) is 0 Å². The minimum Gasteiger partial charge on any atom is -0.0619 e. The Hall–Kier alpha value is -6.24. The Morgan fingerprint density at radius 3 is 0.810 bits per heavy atom. The van der Waals surface area contributed by atoms with Crippen LogP contribution in [0.3, 0.4) is 0 Å². The van der Waals surface area contributed by atoms with E-state index in [2.05, 4.69) is 227 Å². The van der Waals surface area contributed by atoms with Crippen LogP contribution < -0.4 is 0 Å². The number of hydrogen-bond acceptors (Lipinski definition) is 0. The molecule has 8 aromatic rings. The third-order valence-corrected chi connectivity index (χ3v) is 16.6. The summed E-state index contributed by atoms with van der Waals surface area (Å²) in [4.78, 5) is 0. The van der Waals surface area contributed by atoms with Crippen LogP contribution in [0, 0.1) is 0 Å². The van der Waals surface area contributed by atoms with Crippen LogP contribution in [0.15, 0.2) is 158 Å². The Labute approximate surface area is 374 Å². The van der Waals surface area contributed by atoms with Crippen LogP contribution in [0.4, 0.5) is 0 Å². The SMILES string of the molecule is CC(C)(c1ccc2c(c1)C(C)(C)c1cc(-c3ccc4c(c3)C(C)(C)c3ccccc3-4)ccc1-2)c1ccc2c(c1)C(C)(C)c1cc(-c3ccc4c(c3)C(C)(C)c3ccccc3-4)ccc1-2. The zero-order valence-electron chi connectivity index (χ0n) is 38.5. The number of fused-ring (bicyclic) bond motifs is 12. The molecule has 63 heavy (non-hydrogen) atoms. The van der Waals surface area contributed by atoms with Crippen LogP contribution in [-0.4, -0.2) is 0 Å². The Morgan fingerprint density at radius 1 is 0.254 bits per heavy atom. The van der Waals surface area contributed by atoms with Gasteiger partial charge in [-0.05, 0) is 147 Å². The fourth-order valence-corrected chi connectivity index (χ4v) is 12.5.